The molecule has 2 aromatic heterocycles. The summed E-state index contributed by atoms with van der Waals surface area (Å²) in [4.78, 5) is 4.45. The third-order valence-electron chi connectivity index (χ3n) is 2.90. The smallest absolute Gasteiger partial charge is 0.242 e. The van der Waals surface area contributed by atoms with E-state index < -0.39 is 0 Å². The number of benzene rings is 1. The zero-order valence-corrected chi connectivity index (χ0v) is 14.3. The van der Waals surface area contributed by atoms with Crippen LogP contribution < -0.4 is 4.74 Å². The Balaban J connectivity index is 2.08. The highest BCUT2D eigenvalue weighted by Gasteiger charge is 2.15. The van der Waals surface area contributed by atoms with Crippen LogP contribution in [0.3, 0.4) is 0 Å². The Bertz CT molecular complexity index is 819. The molecule has 0 aliphatic heterocycles. The second-order valence-electron chi connectivity index (χ2n) is 4.22. The van der Waals surface area contributed by atoms with Crippen molar-refractivity contribution in [1.29, 1.82) is 0 Å². The first-order valence-corrected chi connectivity index (χ1v) is 8.20. The van der Waals surface area contributed by atoms with Crippen LogP contribution in [0.15, 0.2) is 36.5 Å². The molecule has 0 aliphatic rings. The zero-order chi connectivity index (χ0) is 15.0. The van der Waals surface area contributed by atoms with Crippen LogP contribution in [0.1, 0.15) is 5.69 Å². The van der Waals surface area contributed by atoms with Gasteiger partial charge in [-0.2, -0.15) is 4.98 Å². The van der Waals surface area contributed by atoms with Crippen molar-refractivity contribution >= 4 is 56.4 Å². The van der Waals surface area contributed by atoms with Gasteiger partial charge in [-0.15, -0.1) is 0 Å². The Labute approximate surface area is 144 Å². The maximum absolute atomic E-state index is 6.13. The number of rotatable bonds is 3. The molecule has 0 radical (unpaired) electrons. The van der Waals surface area contributed by atoms with Gasteiger partial charge in [-0.1, -0.05) is 56.8 Å². The van der Waals surface area contributed by atoms with E-state index in [1.165, 1.54) is 0 Å². The third kappa shape index (κ3) is 2.86. The number of hydrogen-bond donors (Lipinski definition) is 0. The minimum Gasteiger partial charge on any atom is -0.436 e. The highest BCUT2D eigenvalue weighted by atomic mass is 79.9. The first-order valence-electron chi connectivity index (χ1n) is 5.94. The molecule has 0 N–H and O–H groups in total. The van der Waals surface area contributed by atoms with E-state index in [9.17, 15) is 0 Å². The van der Waals surface area contributed by atoms with Crippen molar-refractivity contribution in [3.8, 4) is 11.6 Å². The Kier molecular flexibility index (Phi) is 4.31. The minimum absolute atomic E-state index is 0.375. The molecule has 0 fully saturated rings. The summed E-state index contributed by atoms with van der Waals surface area (Å²) in [5, 5.41) is 1.72. The molecule has 0 unspecified atom stereocenters. The second-order valence-corrected chi connectivity index (χ2v) is 6.01. The first kappa shape index (κ1) is 15.0. The molecular weight excluding hydrogens is 398 g/mol. The van der Waals surface area contributed by atoms with Crippen LogP contribution >= 0.6 is 50.7 Å². The topological polar surface area (TPSA) is 26.5 Å². The lowest BCUT2D eigenvalue weighted by molar-refractivity contribution is 0.462. The van der Waals surface area contributed by atoms with Gasteiger partial charge in [0, 0.05) is 17.6 Å². The van der Waals surface area contributed by atoms with Crippen molar-refractivity contribution in [3.63, 3.8) is 0 Å². The maximum atomic E-state index is 6.13. The highest BCUT2D eigenvalue weighted by molar-refractivity contribution is 9.08. The number of fused-ring (bicyclic) bond motifs is 1. The summed E-state index contributed by atoms with van der Waals surface area (Å²) in [6.45, 7) is 0. The molecule has 3 aromatic rings. The molecule has 7 heteroatoms. The molecule has 0 atom stereocenters. The quantitative estimate of drug-likeness (QED) is 0.395. The number of nitrogens with zero attached hydrogens (tertiary/aromatic N) is 2. The molecule has 0 aliphatic carbocycles. The lowest BCUT2D eigenvalue weighted by Gasteiger charge is -2.08. The van der Waals surface area contributed by atoms with E-state index in [1.54, 1.807) is 12.1 Å². The normalized spacial score (nSPS) is 11.0. The standard InChI is InChI=1S/C14H8BrCl3N2O/c15-7-11-14(19-13-3-1-2-4-20(11)13)21-12-6-9(17)8(16)5-10(12)18/h1-6H,7H2. The third-order valence-corrected chi connectivity index (χ3v) is 4.45. The summed E-state index contributed by atoms with van der Waals surface area (Å²) in [6, 6.07) is 8.86. The fraction of sp³-hybridized carbons (Fsp3) is 0.0714. The van der Waals surface area contributed by atoms with Crippen molar-refractivity contribution in [2.24, 2.45) is 0 Å². The number of pyridine rings is 1. The summed E-state index contributed by atoms with van der Waals surface area (Å²) < 4.78 is 7.76. The Hall–Kier alpha value is -0.940. The Morgan fingerprint density at radius 3 is 2.62 bits per heavy atom. The second kappa shape index (κ2) is 6.05. The van der Waals surface area contributed by atoms with Gasteiger partial charge >= 0.3 is 0 Å². The molecule has 0 amide bonds. The van der Waals surface area contributed by atoms with E-state index in [0.29, 0.717) is 32.0 Å². The highest BCUT2D eigenvalue weighted by Crippen LogP contribution is 2.37. The first-order chi connectivity index (χ1) is 10.1. The number of hydrogen-bond acceptors (Lipinski definition) is 2. The summed E-state index contributed by atoms with van der Waals surface area (Å²) in [6.07, 6.45) is 1.92. The summed E-state index contributed by atoms with van der Waals surface area (Å²) >= 11 is 21.5. The molecule has 3 nitrogen and oxygen atoms in total. The van der Waals surface area contributed by atoms with Gasteiger partial charge in [0.25, 0.3) is 0 Å². The molecule has 3 rings (SSSR count). The fourth-order valence-electron chi connectivity index (χ4n) is 1.91. The van der Waals surface area contributed by atoms with Crippen LogP contribution in [-0.4, -0.2) is 9.38 Å². The molecule has 21 heavy (non-hydrogen) atoms. The van der Waals surface area contributed by atoms with E-state index in [4.69, 9.17) is 39.5 Å². The van der Waals surface area contributed by atoms with E-state index in [1.807, 2.05) is 28.8 Å². The fourth-order valence-corrected chi connectivity index (χ4v) is 3.00. The van der Waals surface area contributed by atoms with Gasteiger partial charge in [0.1, 0.15) is 11.4 Å². The molecule has 0 saturated heterocycles. The molecule has 1 aromatic carbocycles. The molecule has 0 saturated carbocycles. The monoisotopic (exact) mass is 404 g/mol. The Morgan fingerprint density at radius 1 is 1.10 bits per heavy atom. The van der Waals surface area contributed by atoms with Gasteiger partial charge in [-0.3, -0.25) is 4.40 Å². The van der Waals surface area contributed by atoms with Crippen molar-refractivity contribution in [1.82, 2.24) is 9.38 Å². The number of alkyl halides is 1. The average Bonchev–Trinajstić information content (AvgIpc) is 2.81. The predicted molar refractivity (Wildman–Crippen MR) is 89.4 cm³/mol. The summed E-state index contributed by atoms with van der Waals surface area (Å²) in [7, 11) is 0. The van der Waals surface area contributed by atoms with Crippen LogP contribution in [0.2, 0.25) is 15.1 Å². The van der Waals surface area contributed by atoms with E-state index in [2.05, 4.69) is 20.9 Å². The predicted octanol–water partition coefficient (Wildman–Crippen LogP) is 5.98. The van der Waals surface area contributed by atoms with E-state index in [0.717, 1.165) is 11.3 Å². The number of ether oxygens (including phenoxy) is 1. The zero-order valence-electron chi connectivity index (χ0n) is 10.5. The average molecular weight is 406 g/mol. The van der Waals surface area contributed by atoms with Gasteiger partial charge in [-0.05, 0) is 18.2 Å². The Morgan fingerprint density at radius 2 is 1.86 bits per heavy atom. The van der Waals surface area contributed by atoms with Crippen LogP contribution in [-0.2, 0) is 5.33 Å². The van der Waals surface area contributed by atoms with Crippen LogP contribution in [0.4, 0.5) is 0 Å². The van der Waals surface area contributed by atoms with Crippen LogP contribution in [0.5, 0.6) is 11.6 Å². The van der Waals surface area contributed by atoms with Gasteiger partial charge < -0.3 is 4.74 Å². The lowest BCUT2D eigenvalue weighted by atomic mass is 10.3. The molecular formula is C14H8BrCl3N2O. The van der Waals surface area contributed by atoms with Gasteiger partial charge in [0.2, 0.25) is 5.88 Å². The lowest BCUT2D eigenvalue weighted by Crippen LogP contribution is -1.92. The minimum atomic E-state index is 0.375. The largest absolute Gasteiger partial charge is 0.436 e. The molecule has 0 spiro atoms. The summed E-state index contributed by atoms with van der Waals surface area (Å²) in [5.74, 6) is 0.884. The number of aromatic nitrogens is 2. The molecule has 108 valence electrons. The SMILES string of the molecule is Clc1cc(Cl)c(Oc2nc3ccccn3c2CBr)cc1Cl. The van der Waals surface area contributed by atoms with Crippen molar-refractivity contribution in [2.75, 3.05) is 0 Å². The van der Waals surface area contributed by atoms with Gasteiger partial charge in [0.05, 0.1) is 20.8 Å². The number of halogens is 4. The van der Waals surface area contributed by atoms with E-state index in [-0.39, 0.29) is 0 Å². The number of imidazole rings is 1. The van der Waals surface area contributed by atoms with Crippen molar-refractivity contribution < 1.29 is 4.74 Å². The van der Waals surface area contributed by atoms with Crippen molar-refractivity contribution in [3.05, 3.63) is 57.3 Å². The summed E-state index contributed by atoms with van der Waals surface area (Å²) in [5.41, 5.74) is 1.67. The van der Waals surface area contributed by atoms with Crippen molar-refractivity contribution in [2.45, 2.75) is 5.33 Å². The van der Waals surface area contributed by atoms with Crippen LogP contribution in [0.25, 0.3) is 5.65 Å². The molecule has 0 bridgehead atoms. The van der Waals surface area contributed by atoms with Crippen LogP contribution in [0, 0.1) is 0 Å². The molecule has 2 heterocycles. The van der Waals surface area contributed by atoms with E-state index >= 15 is 0 Å². The van der Waals surface area contributed by atoms with Gasteiger partial charge in [-0.25, -0.2) is 0 Å². The van der Waals surface area contributed by atoms with Gasteiger partial charge in [0.15, 0.2) is 0 Å². The maximum Gasteiger partial charge on any atom is 0.242 e.